The van der Waals surface area contributed by atoms with Crippen molar-refractivity contribution in [2.75, 3.05) is 25.4 Å². The van der Waals surface area contributed by atoms with E-state index < -0.39 is 10.0 Å². The molecule has 0 unspecified atom stereocenters. The Hall–Kier alpha value is -0.130. The molecular formula is C11H24N2O2S. The van der Waals surface area contributed by atoms with Crippen LogP contribution in [0.1, 0.15) is 33.1 Å². The lowest BCUT2D eigenvalue weighted by Crippen LogP contribution is -2.36. The molecule has 0 radical (unpaired) electrons. The van der Waals surface area contributed by atoms with Gasteiger partial charge in [-0.25, -0.2) is 13.1 Å². The van der Waals surface area contributed by atoms with E-state index in [2.05, 4.69) is 10.0 Å². The molecule has 96 valence electrons. The quantitative estimate of drug-likeness (QED) is 0.736. The Kier molecular flexibility index (Phi) is 5.72. The second kappa shape index (κ2) is 6.57. The van der Waals surface area contributed by atoms with Gasteiger partial charge < -0.3 is 5.32 Å². The predicted octanol–water partition coefficient (Wildman–Crippen LogP) is 0.952. The number of hydrogen-bond acceptors (Lipinski definition) is 3. The molecule has 0 spiro atoms. The van der Waals surface area contributed by atoms with E-state index in [-0.39, 0.29) is 5.75 Å². The summed E-state index contributed by atoms with van der Waals surface area (Å²) in [6.07, 6.45) is 2.89. The van der Waals surface area contributed by atoms with Gasteiger partial charge in [0, 0.05) is 6.54 Å². The number of piperidine rings is 1. The fourth-order valence-corrected chi connectivity index (χ4v) is 3.21. The van der Waals surface area contributed by atoms with Crippen LogP contribution >= 0.6 is 0 Å². The van der Waals surface area contributed by atoms with Crippen molar-refractivity contribution in [3.63, 3.8) is 0 Å². The largest absolute Gasteiger partial charge is 0.317 e. The minimum atomic E-state index is -3.05. The van der Waals surface area contributed by atoms with Crippen LogP contribution in [0, 0.1) is 11.8 Å². The summed E-state index contributed by atoms with van der Waals surface area (Å²) in [5.41, 5.74) is 0. The number of sulfonamides is 1. The fourth-order valence-electron chi connectivity index (χ4n) is 1.79. The van der Waals surface area contributed by atoms with Gasteiger partial charge >= 0.3 is 0 Å². The summed E-state index contributed by atoms with van der Waals surface area (Å²) in [4.78, 5) is 0. The maximum atomic E-state index is 11.7. The van der Waals surface area contributed by atoms with Crippen LogP contribution < -0.4 is 10.0 Å². The summed E-state index contributed by atoms with van der Waals surface area (Å²) in [6.45, 7) is 6.73. The summed E-state index contributed by atoms with van der Waals surface area (Å²) < 4.78 is 26.0. The van der Waals surface area contributed by atoms with Gasteiger partial charge in [-0.3, -0.25) is 0 Å². The topological polar surface area (TPSA) is 58.2 Å². The molecule has 16 heavy (non-hydrogen) atoms. The Morgan fingerprint density at radius 3 is 2.50 bits per heavy atom. The van der Waals surface area contributed by atoms with Gasteiger partial charge in [0.2, 0.25) is 10.0 Å². The van der Waals surface area contributed by atoms with Gasteiger partial charge in [-0.2, -0.15) is 0 Å². The van der Waals surface area contributed by atoms with Gasteiger partial charge in [0.1, 0.15) is 0 Å². The number of hydrogen-bond donors (Lipinski definition) is 2. The molecular weight excluding hydrogens is 224 g/mol. The molecule has 1 fully saturated rings. The molecule has 1 heterocycles. The van der Waals surface area contributed by atoms with Crippen molar-refractivity contribution in [3.8, 4) is 0 Å². The van der Waals surface area contributed by atoms with Gasteiger partial charge in [-0.15, -0.1) is 0 Å². The highest BCUT2D eigenvalue weighted by Crippen LogP contribution is 2.10. The Morgan fingerprint density at radius 2 is 1.94 bits per heavy atom. The Bertz CT molecular complexity index is 282. The highest BCUT2D eigenvalue weighted by molar-refractivity contribution is 7.89. The summed E-state index contributed by atoms with van der Waals surface area (Å²) >= 11 is 0. The molecule has 0 aromatic heterocycles. The van der Waals surface area contributed by atoms with Crippen molar-refractivity contribution in [1.29, 1.82) is 0 Å². The van der Waals surface area contributed by atoms with E-state index in [0.29, 0.717) is 18.4 Å². The van der Waals surface area contributed by atoms with Gasteiger partial charge in [-0.05, 0) is 44.2 Å². The van der Waals surface area contributed by atoms with Crippen LogP contribution in [0.3, 0.4) is 0 Å². The van der Waals surface area contributed by atoms with Crippen LogP contribution in [0.15, 0.2) is 0 Å². The zero-order valence-electron chi connectivity index (χ0n) is 10.3. The fraction of sp³-hybridized carbons (Fsp3) is 1.00. The Labute approximate surface area is 99.2 Å². The third kappa shape index (κ3) is 5.82. The predicted molar refractivity (Wildman–Crippen MR) is 66.8 cm³/mol. The van der Waals surface area contributed by atoms with E-state index in [1.165, 1.54) is 0 Å². The smallest absolute Gasteiger partial charge is 0.211 e. The number of rotatable bonds is 6. The monoisotopic (exact) mass is 248 g/mol. The van der Waals surface area contributed by atoms with E-state index in [0.717, 1.165) is 32.4 Å². The lowest BCUT2D eigenvalue weighted by Gasteiger charge is -2.22. The van der Waals surface area contributed by atoms with Crippen molar-refractivity contribution in [2.45, 2.75) is 33.1 Å². The van der Waals surface area contributed by atoms with Crippen LogP contribution in [-0.4, -0.2) is 33.8 Å². The minimum Gasteiger partial charge on any atom is -0.317 e. The zero-order chi connectivity index (χ0) is 12.0. The zero-order valence-corrected chi connectivity index (χ0v) is 11.1. The molecule has 1 rings (SSSR count). The first kappa shape index (κ1) is 13.9. The van der Waals surface area contributed by atoms with Crippen molar-refractivity contribution in [2.24, 2.45) is 11.8 Å². The normalized spacial score (nSPS) is 19.2. The van der Waals surface area contributed by atoms with E-state index in [9.17, 15) is 8.42 Å². The highest BCUT2D eigenvalue weighted by atomic mass is 32.2. The number of nitrogens with one attached hydrogen (secondary N) is 2. The van der Waals surface area contributed by atoms with Gasteiger partial charge in [0.05, 0.1) is 5.75 Å². The second-order valence-electron chi connectivity index (χ2n) is 5.04. The molecule has 1 aliphatic rings. The molecule has 0 saturated carbocycles. The summed E-state index contributed by atoms with van der Waals surface area (Å²) in [5.74, 6) is 1.21. The van der Waals surface area contributed by atoms with Crippen molar-refractivity contribution < 1.29 is 8.42 Å². The van der Waals surface area contributed by atoms with Gasteiger partial charge in [0.25, 0.3) is 0 Å². The molecule has 4 nitrogen and oxygen atoms in total. The van der Waals surface area contributed by atoms with Gasteiger partial charge in [-0.1, -0.05) is 13.8 Å². The second-order valence-corrected chi connectivity index (χ2v) is 6.97. The highest BCUT2D eigenvalue weighted by Gasteiger charge is 2.16. The van der Waals surface area contributed by atoms with Crippen molar-refractivity contribution >= 4 is 10.0 Å². The van der Waals surface area contributed by atoms with E-state index in [1.54, 1.807) is 0 Å². The molecule has 0 aliphatic carbocycles. The molecule has 2 N–H and O–H groups in total. The lowest BCUT2D eigenvalue weighted by molar-refractivity contribution is 0.372. The van der Waals surface area contributed by atoms with Crippen molar-refractivity contribution in [3.05, 3.63) is 0 Å². The first-order valence-corrected chi connectivity index (χ1v) is 7.83. The maximum Gasteiger partial charge on any atom is 0.211 e. The first-order chi connectivity index (χ1) is 7.49. The van der Waals surface area contributed by atoms with Crippen LogP contribution in [0.25, 0.3) is 0 Å². The molecule has 0 atom stereocenters. The third-order valence-corrected chi connectivity index (χ3v) is 4.39. The molecule has 0 aromatic carbocycles. The van der Waals surface area contributed by atoms with Crippen LogP contribution in [0.4, 0.5) is 0 Å². The molecule has 0 bridgehead atoms. The molecule has 1 aliphatic heterocycles. The molecule has 5 heteroatoms. The van der Waals surface area contributed by atoms with E-state index in [1.807, 2.05) is 13.8 Å². The molecule has 0 amide bonds. The third-order valence-electron chi connectivity index (χ3n) is 3.01. The van der Waals surface area contributed by atoms with Crippen LogP contribution in [-0.2, 0) is 10.0 Å². The van der Waals surface area contributed by atoms with E-state index in [4.69, 9.17) is 0 Å². The van der Waals surface area contributed by atoms with Crippen LogP contribution in [0.5, 0.6) is 0 Å². The van der Waals surface area contributed by atoms with Gasteiger partial charge in [0.15, 0.2) is 0 Å². The Balaban J connectivity index is 2.24. The average molecular weight is 248 g/mol. The molecule has 1 saturated heterocycles. The SMILES string of the molecule is CC(C)CCS(=O)(=O)NCC1CCNCC1. The summed E-state index contributed by atoms with van der Waals surface area (Å²) in [7, 11) is -3.05. The Morgan fingerprint density at radius 1 is 1.31 bits per heavy atom. The summed E-state index contributed by atoms with van der Waals surface area (Å²) in [6, 6.07) is 0. The summed E-state index contributed by atoms with van der Waals surface area (Å²) in [5, 5.41) is 3.27. The maximum absolute atomic E-state index is 11.7. The first-order valence-electron chi connectivity index (χ1n) is 6.17. The van der Waals surface area contributed by atoms with E-state index >= 15 is 0 Å². The van der Waals surface area contributed by atoms with Crippen LogP contribution in [0.2, 0.25) is 0 Å². The molecule has 0 aromatic rings. The average Bonchev–Trinajstić information content (AvgIpc) is 2.26. The standard InChI is InChI=1S/C11H24N2O2S/c1-10(2)5-8-16(14,15)13-9-11-3-6-12-7-4-11/h10-13H,3-9H2,1-2H3. The van der Waals surface area contributed by atoms with Crippen molar-refractivity contribution in [1.82, 2.24) is 10.0 Å². The lowest BCUT2D eigenvalue weighted by atomic mass is 9.99. The minimum absolute atomic E-state index is 0.260.